The quantitative estimate of drug-likeness (QED) is 0.630. The minimum atomic E-state index is -0.483. The fourth-order valence-corrected chi connectivity index (χ4v) is 1.72. The summed E-state index contributed by atoms with van der Waals surface area (Å²) in [5.41, 5.74) is 0.765. The molecular weight excluding hydrogens is 228 g/mol. The Balaban J connectivity index is 2.84. The molecule has 1 N–H and O–H groups in total. The van der Waals surface area contributed by atoms with Gasteiger partial charge in [0.25, 0.3) is 5.69 Å². The molecule has 0 fully saturated rings. The number of nitrogens with one attached hydrogen (secondary N) is 1. The number of hydrogen-bond donors (Lipinski definition) is 1. The summed E-state index contributed by atoms with van der Waals surface area (Å²) < 4.78 is 0. The van der Waals surface area contributed by atoms with E-state index in [1.165, 1.54) is 6.07 Å². The van der Waals surface area contributed by atoms with Crippen LogP contribution in [0.5, 0.6) is 0 Å². The van der Waals surface area contributed by atoms with Gasteiger partial charge in [0, 0.05) is 17.8 Å². The van der Waals surface area contributed by atoms with E-state index in [1.54, 1.807) is 12.1 Å². The van der Waals surface area contributed by atoms with E-state index in [1.807, 2.05) is 0 Å². The second-order valence-electron chi connectivity index (χ2n) is 3.58. The molecule has 0 unspecified atom stereocenters. The second-order valence-corrected chi connectivity index (χ2v) is 3.99. The Hall–Kier alpha value is -1.29. The molecule has 4 nitrogen and oxygen atoms in total. The van der Waals surface area contributed by atoms with E-state index in [0.717, 1.165) is 18.5 Å². The van der Waals surface area contributed by atoms with Crippen LogP contribution in [0, 0.1) is 10.1 Å². The maximum absolute atomic E-state index is 10.6. The minimum Gasteiger partial charge on any atom is -0.382 e. The Labute approximate surface area is 99.8 Å². The average Bonchev–Trinajstić information content (AvgIpc) is 2.25. The number of hydrogen-bond acceptors (Lipinski definition) is 3. The van der Waals surface area contributed by atoms with Crippen molar-refractivity contribution in [2.75, 3.05) is 5.32 Å². The standard InChI is InChI=1S/C11H15ClN2O2/c1-3-8(4-2)13-9-5-6-11(14(15)16)10(12)7-9/h5-8,13H,3-4H2,1-2H3. The molecule has 0 aliphatic carbocycles. The van der Waals surface area contributed by atoms with Crippen molar-refractivity contribution in [1.82, 2.24) is 0 Å². The van der Waals surface area contributed by atoms with Crippen LogP contribution in [0.2, 0.25) is 5.02 Å². The van der Waals surface area contributed by atoms with Gasteiger partial charge in [-0.15, -0.1) is 0 Å². The first-order valence-electron chi connectivity index (χ1n) is 5.29. The molecule has 0 aromatic heterocycles. The largest absolute Gasteiger partial charge is 0.382 e. The first kappa shape index (κ1) is 12.8. The van der Waals surface area contributed by atoms with Crippen molar-refractivity contribution >= 4 is 23.0 Å². The van der Waals surface area contributed by atoms with Gasteiger partial charge in [-0.25, -0.2) is 0 Å². The summed E-state index contributed by atoms with van der Waals surface area (Å²) in [7, 11) is 0. The Morgan fingerprint density at radius 2 is 2.06 bits per heavy atom. The van der Waals surface area contributed by atoms with E-state index < -0.39 is 4.92 Å². The summed E-state index contributed by atoms with van der Waals surface area (Å²) in [4.78, 5) is 10.1. The van der Waals surface area contributed by atoms with Gasteiger partial charge in [-0.2, -0.15) is 0 Å². The van der Waals surface area contributed by atoms with Crippen molar-refractivity contribution in [3.05, 3.63) is 33.3 Å². The van der Waals surface area contributed by atoms with Gasteiger partial charge < -0.3 is 5.32 Å². The van der Waals surface area contributed by atoms with E-state index in [2.05, 4.69) is 19.2 Å². The zero-order chi connectivity index (χ0) is 12.1. The summed E-state index contributed by atoms with van der Waals surface area (Å²) in [6, 6.07) is 5.07. The average molecular weight is 243 g/mol. The highest BCUT2D eigenvalue weighted by Gasteiger charge is 2.12. The number of halogens is 1. The Morgan fingerprint density at radius 1 is 1.44 bits per heavy atom. The van der Waals surface area contributed by atoms with Crippen LogP contribution in [-0.4, -0.2) is 11.0 Å². The van der Waals surface area contributed by atoms with Crippen LogP contribution in [0.25, 0.3) is 0 Å². The van der Waals surface area contributed by atoms with E-state index in [0.29, 0.717) is 6.04 Å². The topological polar surface area (TPSA) is 55.2 Å². The van der Waals surface area contributed by atoms with Crippen LogP contribution in [-0.2, 0) is 0 Å². The molecule has 0 bridgehead atoms. The monoisotopic (exact) mass is 242 g/mol. The fraction of sp³-hybridized carbons (Fsp3) is 0.455. The lowest BCUT2D eigenvalue weighted by Crippen LogP contribution is -2.16. The van der Waals surface area contributed by atoms with Gasteiger partial charge >= 0.3 is 0 Å². The van der Waals surface area contributed by atoms with E-state index >= 15 is 0 Å². The van der Waals surface area contributed by atoms with Gasteiger partial charge in [-0.05, 0) is 25.0 Å². The van der Waals surface area contributed by atoms with Crippen molar-refractivity contribution in [1.29, 1.82) is 0 Å². The van der Waals surface area contributed by atoms with Crippen LogP contribution in [0.3, 0.4) is 0 Å². The van der Waals surface area contributed by atoms with E-state index in [9.17, 15) is 10.1 Å². The molecule has 16 heavy (non-hydrogen) atoms. The molecule has 0 aliphatic rings. The zero-order valence-corrected chi connectivity index (χ0v) is 10.1. The van der Waals surface area contributed by atoms with Gasteiger partial charge in [-0.3, -0.25) is 10.1 Å². The van der Waals surface area contributed by atoms with Crippen molar-refractivity contribution in [3.8, 4) is 0 Å². The third-order valence-corrected chi connectivity index (χ3v) is 2.80. The van der Waals surface area contributed by atoms with Gasteiger partial charge in [-0.1, -0.05) is 25.4 Å². The smallest absolute Gasteiger partial charge is 0.288 e. The molecule has 0 spiro atoms. The molecule has 0 atom stereocenters. The highest BCUT2D eigenvalue weighted by Crippen LogP contribution is 2.27. The molecule has 0 aliphatic heterocycles. The molecule has 0 amide bonds. The number of anilines is 1. The van der Waals surface area contributed by atoms with E-state index in [4.69, 9.17) is 11.6 Å². The predicted molar refractivity (Wildman–Crippen MR) is 66.1 cm³/mol. The number of benzene rings is 1. The lowest BCUT2D eigenvalue weighted by Gasteiger charge is -2.16. The van der Waals surface area contributed by atoms with E-state index in [-0.39, 0.29) is 10.7 Å². The lowest BCUT2D eigenvalue weighted by molar-refractivity contribution is -0.384. The van der Waals surface area contributed by atoms with Crippen LogP contribution in [0.4, 0.5) is 11.4 Å². The summed E-state index contributed by atoms with van der Waals surface area (Å²) in [6.45, 7) is 4.18. The van der Waals surface area contributed by atoms with Crippen LogP contribution < -0.4 is 5.32 Å². The normalized spacial score (nSPS) is 10.5. The van der Waals surface area contributed by atoms with Crippen LogP contribution >= 0.6 is 11.6 Å². The molecule has 1 aromatic rings. The summed E-state index contributed by atoms with van der Waals surface area (Å²) >= 11 is 5.81. The zero-order valence-electron chi connectivity index (χ0n) is 9.37. The highest BCUT2D eigenvalue weighted by molar-refractivity contribution is 6.32. The second kappa shape index (κ2) is 5.70. The molecule has 1 aromatic carbocycles. The number of nitro benzene ring substituents is 1. The first-order valence-corrected chi connectivity index (χ1v) is 5.66. The van der Waals surface area contributed by atoms with Crippen LogP contribution in [0.15, 0.2) is 18.2 Å². The van der Waals surface area contributed by atoms with Gasteiger partial charge in [0.15, 0.2) is 0 Å². The van der Waals surface area contributed by atoms with Gasteiger partial charge in [0.2, 0.25) is 0 Å². The fourth-order valence-electron chi connectivity index (χ4n) is 1.47. The van der Waals surface area contributed by atoms with Crippen LogP contribution in [0.1, 0.15) is 26.7 Å². The molecule has 0 heterocycles. The maximum Gasteiger partial charge on any atom is 0.288 e. The molecule has 0 radical (unpaired) electrons. The highest BCUT2D eigenvalue weighted by atomic mass is 35.5. The maximum atomic E-state index is 10.6. The molecule has 5 heteroatoms. The summed E-state index contributed by atoms with van der Waals surface area (Å²) in [5, 5.41) is 14.0. The summed E-state index contributed by atoms with van der Waals surface area (Å²) in [6.07, 6.45) is 2.01. The van der Waals surface area contributed by atoms with Gasteiger partial charge in [0.1, 0.15) is 5.02 Å². The Morgan fingerprint density at radius 3 is 2.50 bits per heavy atom. The molecule has 1 rings (SSSR count). The number of rotatable bonds is 5. The molecular formula is C11H15ClN2O2. The molecule has 0 saturated heterocycles. The molecule has 88 valence electrons. The van der Waals surface area contributed by atoms with Crippen molar-refractivity contribution in [3.63, 3.8) is 0 Å². The van der Waals surface area contributed by atoms with Gasteiger partial charge in [0.05, 0.1) is 4.92 Å². The number of nitrogens with zero attached hydrogens (tertiary/aromatic N) is 1. The Bertz CT molecular complexity index is 378. The minimum absolute atomic E-state index is 0.0586. The first-order chi connectivity index (χ1) is 7.58. The third-order valence-electron chi connectivity index (χ3n) is 2.50. The Kier molecular flexibility index (Phi) is 4.55. The summed E-state index contributed by atoms with van der Waals surface area (Å²) in [5.74, 6) is 0. The molecule has 0 saturated carbocycles. The third kappa shape index (κ3) is 3.10. The number of nitro groups is 1. The van der Waals surface area contributed by atoms with Crippen molar-refractivity contribution in [2.24, 2.45) is 0 Å². The SMILES string of the molecule is CCC(CC)Nc1ccc([N+](=O)[O-])c(Cl)c1. The van der Waals surface area contributed by atoms with Crippen molar-refractivity contribution in [2.45, 2.75) is 32.7 Å². The predicted octanol–water partition coefficient (Wildman–Crippen LogP) is 3.85. The van der Waals surface area contributed by atoms with Crippen molar-refractivity contribution < 1.29 is 4.92 Å². The lowest BCUT2D eigenvalue weighted by atomic mass is 10.1.